The van der Waals surface area contributed by atoms with E-state index < -0.39 is 62.7 Å². The number of benzene rings is 3. The lowest BCUT2D eigenvalue weighted by atomic mass is 10.1. The van der Waals surface area contributed by atoms with Gasteiger partial charge in [0.2, 0.25) is 11.8 Å². The highest BCUT2D eigenvalue weighted by Crippen LogP contribution is 2.38. The van der Waals surface area contributed by atoms with Gasteiger partial charge in [-0.2, -0.15) is 13.2 Å². The van der Waals surface area contributed by atoms with Crippen molar-refractivity contribution in [2.24, 2.45) is 0 Å². The fourth-order valence-electron chi connectivity index (χ4n) is 3.90. The van der Waals surface area contributed by atoms with Gasteiger partial charge in [0.1, 0.15) is 18.4 Å². The molecule has 0 aliphatic heterocycles. The Morgan fingerprint density at radius 1 is 1.00 bits per heavy atom. The van der Waals surface area contributed by atoms with E-state index in [0.717, 1.165) is 17.0 Å². The number of anilines is 1. The Kier molecular flexibility index (Phi) is 10.4. The van der Waals surface area contributed by atoms with Crippen LogP contribution in [0.3, 0.4) is 0 Å². The Bertz CT molecular complexity index is 1470. The standard InChI is InChI=1S/C28H28ClF4N3O4S/c1-3-15-34-27(38)19(2)35(17-20-9-11-21(30)12-10-20)26(37)18-36(41(39,40)23-7-5-4-6-8-23)22-13-14-25(29)24(16-22)28(31,32)33/h4-14,16,19H,3,15,17-18H2,1-2H3,(H,34,38)/t19-/m0/s1. The molecular weight excluding hydrogens is 586 g/mol. The van der Waals surface area contributed by atoms with E-state index in [-0.39, 0.29) is 11.4 Å². The fraction of sp³-hybridized carbons (Fsp3) is 0.286. The lowest BCUT2D eigenvalue weighted by Gasteiger charge is -2.32. The molecule has 0 fully saturated rings. The molecule has 0 saturated carbocycles. The first-order valence-corrected chi connectivity index (χ1v) is 14.3. The summed E-state index contributed by atoms with van der Waals surface area (Å²) >= 11 is 5.76. The van der Waals surface area contributed by atoms with Gasteiger partial charge in [0.25, 0.3) is 10.0 Å². The van der Waals surface area contributed by atoms with Crippen LogP contribution in [0.25, 0.3) is 0 Å². The van der Waals surface area contributed by atoms with Crippen molar-refractivity contribution in [3.63, 3.8) is 0 Å². The number of sulfonamides is 1. The van der Waals surface area contributed by atoms with Crippen LogP contribution in [-0.2, 0) is 32.3 Å². The van der Waals surface area contributed by atoms with Crippen LogP contribution in [0, 0.1) is 5.82 Å². The van der Waals surface area contributed by atoms with E-state index in [1.165, 1.54) is 55.5 Å². The molecule has 3 rings (SSSR count). The molecule has 7 nitrogen and oxygen atoms in total. The molecule has 0 aliphatic carbocycles. The summed E-state index contributed by atoms with van der Waals surface area (Å²) in [7, 11) is -4.57. The van der Waals surface area contributed by atoms with Crippen LogP contribution in [-0.4, -0.2) is 44.3 Å². The zero-order valence-electron chi connectivity index (χ0n) is 22.2. The van der Waals surface area contributed by atoms with Crippen molar-refractivity contribution in [1.82, 2.24) is 10.2 Å². The summed E-state index contributed by atoms with van der Waals surface area (Å²) in [5.41, 5.74) is -1.30. The number of halogens is 5. The summed E-state index contributed by atoms with van der Waals surface area (Å²) in [5.74, 6) is -1.93. The van der Waals surface area contributed by atoms with Gasteiger partial charge < -0.3 is 10.2 Å². The Morgan fingerprint density at radius 2 is 1.63 bits per heavy atom. The minimum absolute atomic E-state index is 0.201. The van der Waals surface area contributed by atoms with E-state index in [0.29, 0.717) is 28.9 Å². The number of alkyl halides is 3. The molecule has 0 spiro atoms. The van der Waals surface area contributed by atoms with Gasteiger partial charge >= 0.3 is 6.18 Å². The monoisotopic (exact) mass is 613 g/mol. The van der Waals surface area contributed by atoms with Crippen molar-refractivity contribution in [3.8, 4) is 0 Å². The second-order valence-electron chi connectivity index (χ2n) is 9.10. The van der Waals surface area contributed by atoms with Gasteiger partial charge in [-0.25, -0.2) is 12.8 Å². The number of nitrogens with one attached hydrogen (secondary N) is 1. The number of rotatable bonds is 11. The molecule has 0 aliphatic rings. The van der Waals surface area contributed by atoms with E-state index in [2.05, 4.69) is 5.32 Å². The third-order valence-electron chi connectivity index (χ3n) is 6.14. The van der Waals surface area contributed by atoms with Crippen molar-refractivity contribution >= 4 is 39.1 Å². The summed E-state index contributed by atoms with van der Waals surface area (Å²) in [5, 5.41) is 2.02. The first-order chi connectivity index (χ1) is 19.3. The summed E-state index contributed by atoms with van der Waals surface area (Å²) < 4.78 is 82.5. The van der Waals surface area contributed by atoms with Gasteiger partial charge in [-0.05, 0) is 61.4 Å². The number of hydrogen-bond donors (Lipinski definition) is 1. The molecule has 0 aromatic heterocycles. The maximum Gasteiger partial charge on any atom is 0.417 e. The van der Waals surface area contributed by atoms with E-state index in [1.54, 1.807) is 6.07 Å². The Morgan fingerprint density at radius 3 is 2.22 bits per heavy atom. The number of amides is 2. The molecule has 2 amide bonds. The molecule has 41 heavy (non-hydrogen) atoms. The van der Waals surface area contributed by atoms with E-state index >= 15 is 0 Å². The van der Waals surface area contributed by atoms with Gasteiger partial charge in [-0.3, -0.25) is 13.9 Å². The topological polar surface area (TPSA) is 86.8 Å². The minimum Gasteiger partial charge on any atom is -0.354 e. The van der Waals surface area contributed by atoms with Crippen molar-refractivity contribution in [2.45, 2.75) is 43.9 Å². The van der Waals surface area contributed by atoms with Crippen LogP contribution in [0.15, 0.2) is 77.7 Å². The summed E-state index contributed by atoms with van der Waals surface area (Å²) in [4.78, 5) is 27.4. The molecule has 1 atom stereocenters. The van der Waals surface area contributed by atoms with Crippen molar-refractivity contribution in [3.05, 3.63) is 94.8 Å². The minimum atomic E-state index is -4.90. The van der Waals surface area contributed by atoms with Crippen LogP contribution in [0.1, 0.15) is 31.4 Å². The largest absolute Gasteiger partial charge is 0.417 e. The third-order valence-corrected chi connectivity index (χ3v) is 8.25. The van der Waals surface area contributed by atoms with Crippen molar-refractivity contribution in [1.29, 1.82) is 0 Å². The summed E-state index contributed by atoms with van der Waals surface area (Å²) in [6.45, 7) is 2.45. The second kappa shape index (κ2) is 13.3. The highest BCUT2D eigenvalue weighted by atomic mass is 35.5. The van der Waals surface area contributed by atoms with Crippen LogP contribution in [0.4, 0.5) is 23.2 Å². The SMILES string of the molecule is CCCNC(=O)[C@H](C)N(Cc1ccc(F)cc1)C(=O)CN(c1ccc(Cl)c(C(F)(F)F)c1)S(=O)(=O)c1ccccc1. The molecule has 220 valence electrons. The molecule has 0 unspecified atom stereocenters. The molecule has 3 aromatic rings. The lowest BCUT2D eigenvalue weighted by Crippen LogP contribution is -2.51. The maximum absolute atomic E-state index is 13.8. The van der Waals surface area contributed by atoms with E-state index in [1.807, 2.05) is 6.92 Å². The third kappa shape index (κ3) is 7.98. The Labute approximate surface area is 240 Å². The maximum atomic E-state index is 13.8. The Balaban J connectivity index is 2.09. The molecule has 3 aromatic carbocycles. The zero-order chi connectivity index (χ0) is 30.4. The van der Waals surface area contributed by atoms with Gasteiger partial charge in [0.15, 0.2) is 0 Å². The first kappa shape index (κ1) is 31.9. The molecule has 13 heteroatoms. The van der Waals surface area contributed by atoms with Crippen molar-refractivity contribution < 1.29 is 35.6 Å². The van der Waals surface area contributed by atoms with Crippen LogP contribution in [0.2, 0.25) is 5.02 Å². The molecule has 0 bridgehead atoms. The second-order valence-corrected chi connectivity index (χ2v) is 11.4. The number of nitrogens with zero attached hydrogens (tertiary/aromatic N) is 2. The van der Waals surface area contributed by atoms with Gasteiger partial charge in [0, 0.05) is 13.1 Å². The summed E-state index contributed by atoms with van der Waals surface area (Å²) in [6, 6.07) is 13.4. The average Bonchev–Trinajstić information content (AvgIpc) is 2.94. The normalized spacial score (nSPS) is 12.5. The van der Waals surface area contributed by atoms with Gasteiger partial charge in [-0.1, -0.05) is 48.9 Å². The molecular formula is C28H28ClF4N3O4S. The van der Waals surface area contributed by atoms with Gasteiger partial charge in [-0.15, -0.1) is 0 Å². The Hall–Kier alpha value is -3.64. The molecule has 1 N–H and O–H groups in total. The highest BCUT2D eigenvalue weighted by Gasteiger charge is 2.36. The average molecular weight is 614 g/mol. The quantitative estimate of drug-likeness (QED) is 0.284. The number of carbonyl (C=O) groups excluding carboxylic acids is 2. The van der Waals surface area contributed by atoms with E-state index in [9.17, 15) is 35.6 Å². The lowest BCUT2D eigenvalue weighted by molar-refractivity contribution is -0.139. The number of hydrogen-bond acceptors (Lipinski definition) is 4. The van der Waals surface area contributed by atoms with Crippen LogP contribution < -0.4 is 9.62 Å². The molecule has 0 heterocycles. The fourth-order valence-corrected chi connectivity index (χ4v) is 5.55. The van der Waals surface area contributed by atoms with Crippen molar-refractivity contribution in [2.75, 3.05) is 17.4 Å². The van der Waals surface area contributed by atoms with Crippen LogP contribution >= 0.6 is 11.6 Å². The molecule has 0 saturated heterocycles. The predicted molar refractivity (Wildman–Crippen MR) is 147 cm³/mol. The summed E-state index contributed by atoms with van der Waals surface area (Å²) in [6.07, 6.45) is -4.29. The predicted octanol–water partition coefficient (Wildman–Crippen LogP) is 5.64. The van der Waals surface area contributed by atoms with E-state index in [4.69, 9.17) is 11.6 Å². The van der Waals surface area contributed by atoms with Crippen LogP contribution in [0.5, 0.6) is 0 Å². The first-order valence-electron chi connectivity index (χ1n) is 12.5. The highest BCUT2D eigenvalue weighted by molar-refractivity contribution is 7.92. The number of carbonyl (C=O) groups is 2. The zero-order valence-corrected chi connectivity index (χ0v) is 23.7. The van der Waals surface area contributed by atoms with Gasteiger partial charge in [0.05, 0.1) is 21.2 Å². The molecule has 0 radical (unpaired) electrons. The smallest absolute Gasteiger partial charge is 0.354 e.